The van der Waals surface area contributed by atoms with E-state index in [-0.39, 0.29) is 24.4 Å². The van der Waals surface area contributed by atoms with Crippen molar-refractivity contribution in [2.45, 2.75) is 19.4 Å². The van der Waals surface area contributed by atoms with Gasteiger partial charge in [-0.05, 0) is 60.5 Å². The van der Waals surface area contributed by atoms with Gasteiger partial charge in [0.15, 0.2) is 0 Å². The molecule has 4 rings (SSSR count). The highest BCUT2D eigenvalue weighted by Gasteiger charge is 2.23. The Labute approximate surface area is 199 Å². The minimum Gasteiger partial charge on any atom is -0.490 e. The summed E-state index contributed by atoms with van der Waals surface area (Å²) >= 11 is 0. The Balaban J connectivity index is 1.34. The van der Waals surface area contributed by atoms with Crippen LogP contribution in [-0.4, -0.2) is 45.3 Å². The van der Waals surface area contributed by atoms with Crippen LogP contribution in [0.25, 0.3) is 0 Å². The lowest BCUT2D eigenvalue weighted by molar-refractivity contribution is -0.139. The summed E-state index contributed by atoms with van der Waals surface area (Å²) in [4.78, 5) is 26.5. The van der Waals surface area contributed by atoms with Gasteiger partial charge in [-0.3, -0.25) is 9.59 Å². The Morgan fingerprint density at radius 3 is 2.62 bits per heavy atom. The van der Waals surface area contributed by atoms with Gasteiger partial charge in [0, 0.05) is 18.3 Å². The summed E-state index contributed by atoms with van der Waals surface area (Å²) in [6.07, 6.45) is 0.0562. The van der Waals surface area contributed by atoms with Crippen LogP contribution in [-0.2, 0) is 16.0 Å². The highest BCUT2D eigenvalue weighted by Crippen LogP contribution is 2.32. The zero-order valence-electron chi connectivity index (χ0n) is 19.5. The zero-order valence-corrected chi connectivity index (χ0v) is 19.5. The lowest BCUT2D eigenvalue weighted by atomic mass is 10.1. The molecule has 1 N–H and O–H groups in total. The zero-order chi connectivity index (χ0) is 24.1. The standard InChI is InChI=1S/C27H28N2O5/c1-18-8-9-19(15-26(30)32-3)14-23(18)28-27(31)20-10-12-21(13-11-20)33-17-22-16-29(2)24-6-4-5-7-25(24)34-22/h4-14,22H,15-17H2,1-3H3,(H,28,31)/t22-/m0/s1. The second-order valence-electron chi connectivity index (χ2n) is 8.28. The van der Waals surface area contributed by atoms with Crippen molar-refractivity contribution in [3.63, 3.8) is 0 Å². The maximum atomic E-state index is 12.8. The third kappa shape index (κ3) is 5.49. The maximum Gasteiger partial charge on any atom is 0.309 e. The molecule has 0 bridgehead atoms. The first-order valence-corrected chi connectivity index (χ1v) is 11.1. The molecular weight excluding hydrogens is 432 g/mol. The minimum atomic E-state index is -0.328. The Bertz CT molecular complexity index is 1180. The fourth-order valence-electron chi connectivity index (χ4n) is 3.82. The predicted molar refractivity (Wildman–Crippen MR) is 131 cm³/mol. The molecule has 0 aromatic heterocycles. The number of nitrogens with one attached hydrogen (secondary N) is 1. The number of esters is 1. The monoisotopic (exact) mass is 460 g/mol. The molecule has 0 spiro atoms. The highest BCUT2D eigenvalue weighted by molar-refractivity contribution is 6.04. The van der Waals surface area contributed by atoms with E-state index < -0.39 is 0 Å². The smallest absolute Gasteiger partial charge is 0.309 e. The fourth-order valence-corrected chi connectivity index (χ4v) is 3.82. The molecule has 34 heavy (non-hydrogen) atoms. The molecule has 3 aromatic rings. The number of hydrogen-bond donors (Lipinski definition) is 1. The van der Waals surface area contributed by atoms with E-state index in [4.69, 9.17) is 14.2 Å². The van der Waals surface area contributed by atoms with Crippen LogP contribution in [0.1, 0.15) is 21.5 Å². The number of carbonyl (C=O) groups is 2. The molecule has 0 fully saturated rings. The largest absolute Gasteiger partial charge is 0.490 e. The van der Waals surface area contributed by atoms with E-state index in [1.807, 2.05) is 50.4 Å². The van der Waals surface area contributed by atoms with Crippen molar-refractivity contribution in [3.05, 3.63) is 83.4 Å². The molecule has 1 heterocycles. The summed E-state index contributed by atoms with van der Waals surface area (Å²) in [5.74, 6) is 0.950. The van der Waals surface area contributed by atoms with Crippen molar-refractivity contribution in [1.29, 1.82) is 0 Å². The first-order valence-electron chi connectivity index (χ1n) is 11.1. The summed E-state index contributed by atoms with van der Waals surface area (Å²) in [7, 11) is 3.39. The van der Waals surface area contributed by atoms with Crippen molar-refractivity contribution in [1.82, 2.24) is 0 Å². The first kappa shape index (κ1) is 23.2. The molecule has 1 aliphatic heterocycles. The third-order valence-corrected chi connectivity index (χ3v) is 5.73. The van der Waals surface area contributed by atoms with Gasteiger partial charge in [0.2, 0.25) is 0 Å². The Kier molecular flexibility index (Phi) is 7.01. The number of ether oxygens (including phenoxy) is 3. The normalized spacial score (nSPS) is 14.6. The second-order valence-corrected chi connectivity index (χ2v) is 8.28. The van der Waals surface area contributed by atoms with E-state index in [9.17, 15) is 9.59 Å². The Hall–Kier alpha value is -4.00. The van der Waals surface area contributed by atoms with Crippen molar-refractivity contribution in [3.8, 4) is 11.5 Å². The molecule has 0 unspecified atom stereocenters. The van der Waals surface area contributed by atoms with Gasteiger partial charge >= 0.3 is 5.97 Å². The second kappa shape index (κ2) is 10.3. The van der Waals surface area contributed by atoms with Gasteiger partial charge in [-0.15, -0.1) is 0 Å². The predicted octanol–water partition coefficient (Wildman–Crippen LogP) is 4.24. The number of methoxy groups -OCH3 is 1. The molecule has 3 aromatic carbocycles. The lowest BCUT2D eigenvalue weighted by Gasteiger charge is -2.33. The number of aryl methyl sites for hydroxylation is 1. The Morgan fingerprint density at radius 1 is 1.09 bits per heavy atom. The van der Waals surface area contributed by atoms with E-state index in [1.54, 1.807) is 30.3 Å². The number of anilines is 2. The van der Waals surface area contributed by atoms with E-state index in [1.165, 1.54) is 7.11 Å². The molecule has 0 radical (unpaired) electrons. The van der Waals surface area contributed by atoms with Crippen LogP contribution in [0.15, 0.2) is 66.7 Å². The van der Waals surface area contributed by atoms with Crippen molar-refractivity contribution >= 4 is 23.3 Å². The van der Waals surface area contributed by atoms with Gasteiger partial charge in [0.1, 0.15) is 24.2 Å². The average molecular weight is 461 g/mol. The quantitative estimate of drug-likeness (QED) is 0.532. The molecule has 176 valence electrons. The van der Waals surface area contributed by atoms with Gasteiger partial charge < -0.3 is 24.4 Å². The summed E-state index contributed by atoms with van der Waals surface area (Å²) in [5, 5.41) is 2.92. The molecule has 1 amide bonds. The molecule has 0 saturated heterocycles. The minimum absolute atomic E-state index is 0.0943. The number of amides is 1. The van der Waals surface area contributed by atoms with Crippen LogP contribution < -0.4 is 19.7 Å². The van der Waals surface area contributed by atoms with Gasteiger partial charge in [-0.2, -0.15) is 0 Å². The highest BCUT2D eigenvalue weighted by atomic mass is 16.5. The molecule has 7 heteroatoms. The van der Waals surface area contributed by atoms with Crippen LogP contribution in [0, 0.1) is 6.92 Å². The van der Waals surface area contributed by atoms with Crippen LogP contribution in [0.2, 0.25) is 0 Å². The Morgan fingerprint density at radius 2 is 1.85 bits per heavy atom. The fraction of sp³-hybridized carbons (Fsp3) is 0.259. The SMILES string of the molecule is COC(=O)Cc1ccc(C)c(NC(=O)c2ccc(OC[C@@H]3CN(C)c4ccccc4O3)cc2)c1. The van der Waals surface area contributed by atoms with Gasteiger partial charge in [-0.1, -0.05) is 24.3 Å². The van der Waals surface area contributed by atoms with Crippen molar-refractivity contribution in [2.24, 2.45) is 0 Å². The average Bonchev–Trinajstić information content (AvgIpc) is 2.85. The van der Waals surface area contributed by atoms with Crippen LogP contribution in [0.3, 0.4) is 0 Å². The number of rotatable bonds is 7. The number of fused-ring (bicyclic) bond motifs is 1. The number of para-hydroxylation sites is 2. The van der Waals surface area contributed by atoms with Gasteiger partial charge in [0.05, 0.1) is 25.8 Å². The number of benzene rings is 3. The van der Waals surface area contributed by atoms with E-state index in [0.29, 0.717) is 23.6 Å². The number of carbonyl (C=O) groups excluding carboxylic acids is 2. The number of hydrogen-bond acceptors (Lipinski definition) is 6. The summed E-state index contributed by atoms with van der Waals surface area (Å²) < 4.78 is 16.7. The number of likely N-dealkylation sites (N-methyl/N-ethyl adjacent to an activating group) is 1. The summed E-state index contributed by atoms with van der Waals surface area (Å²) in [6, 6.07) is 20.4. The van der Waals surface area contributed by atoms with E-state index >= 15 is 0 Å². The van der Waals surface area contributed by atoms with Crippen LogP contribution >= 0.6 is 0 Å². The molecule has 1 aliphatic rings. The molecular formula is C27H28N2O5. The van der Waals surface area contributed by atoms with E-state index in [0.717, 1.165) is 29.1 Å². The summed E-state index contributed by atoms with van der Waals surface area (Å²) in [6.45, 7) is 3.03. The maximum absolute atomic E-state index is 12.8. The molecule has 0 aliphatic carbocycles. The van der Waals surface area contributed by atoms with E-state index in [2.05, 4.69) is 10.2 Å². The van der Waals surface area contributed by atoms with Crippen LogP contribution in [0.5, 0.6) is 11.5 Å². The number of nitrogens with zero attached hydrogens (tertiary/aromatic N) is 1. The third-order valence-electron chi connectivity index (χ3n) is 5.73. The van der Waals surface area contributed by atoms with Gasteiger partial charge in [0.25, 0.3) is 5.91 Å². The molecule has 7 nitrogen and oxygen atoms in total. The van der Waals surface area contributed by atoms with Gasteiger partial charge in [-0.25, -0.2) is 0 Å². The van der Waals surface area contributed by atoms with Crippen LogP contribution in [0.4, 0.5) is 11.4 Å². The molecule has 0 saturated carbocycles. The first-order chi connectivity index (χ1) is 16.4. The molecule has 1 atom stereocenters. The topological polar surface area (TPSA) is 77.1 Å². The van der Waals surface area contributed by atoms with Crippen molar-refractivity contribution < 1.29 is 23.8 Å². The lowest BCUT2D eigenvalue weighted by Crippen LogP contribution is -2.41. The summed E-state index contributed by atoms with van der Waals surface area (Å²) in [5.41, 5.74) is 3.91. The van der Waals surface area contributed by atoms with Crippen molar-refractivity contribution in [2.75, 3.05) is 37.5 Å².